The first-order valence-electron chi connectivity index (χ1n) is 9.11. The number of hydrogen-bond acceptors (Lipinski definition) is 5. The molecule has 0 bridgehead atoms. The van der Waals surface area contributed by atoms with Crippen LogP contribution in [-0.4, -0.2) is 29.4 Å². The maximum atomic E-state index is 12.0. The summed E-state index contributed by atoms with van der Waals surface area (Å²) < 4.78 is 23.9. The van der Waals surface area contributed by atoms with Gasteiger partial charge >= 0.3 is 0 Å². The first-order chi connectivity index (χ1) is 12.1. The summed E-state index contributed by atoms with van der Waals surface area (Å²) in [5.41, 5.74) is 6.86. The smallest absolute Gasteiger partial charge is 0.246 e. The summed E-state index contributed by atoms with van der Waals surface area (Å²) >= 11 is 0. The Morgan fingerprint density at radius 3 is 2.44 bits per heavy atom. The molecule has 0 unspecified atom stereocenters. The second-order valence-corrected chi connectivity index (χ2v) is 9.24. The fourth-order valence-electron chi connectivity index (χ4n) is 4.09. The lowest BCUT2D eigenvalue weighted by atomic mass is 9.99. The Labute approximate surface area is 148 Å². The van der Waals surface area contributed by atoms with Gasteiger partial charge in [-0.05, 0) is 67.2 Å². The molecule has 0 spiro atoms. The standard InChI is InChI=1S/C18H24N4O2S/c1-2-9-25(23,24)11-16-19-18(22-21-16)20-17-14-7-3-5-12(14)10-13-6-4-8-15(13)17/h10H,2-9,11H2,1H3,(H2,19,20,21,22). The average molecular weight is 360 g/mol. The van der Waals surface area contributed by atoms with Crippen LogP contribution in [0.5, 0.6) is 0 Å². The molecular formula is C18H24N4O2S. The van der Waals surface area contributed by atoms with Crippen molar-refractivity contribution in [2.45, 2.75) is 57.6 Å². The van der Waals surface area contributed by atoms with Crippen molar-refractivity contribution in [2.75, 3.05) is 11.1 Å². The molecule has 1 aromatic carbocycles. The van der Waals surface area contributed by atoms with E-state index in [0.29, 0.717) is 18.2 Å². The first-order valence-corrected chi connectivity index (χ1v) is 10.9. The van der Waals surface area contributed by atoms with Gasteiger partial charge in [0.1, 0.15) is 11.6 Å². The Balaban J connectivity index is 1.60. The minimum Gasteiger partial charge on any atom is -0.322 e. The van der Waals surface area contributed by atoms with Crippen molar-refractivity contribution < 1.29 is 8.42 Å². The summed E-state index contributed by atoms with van der Waals surface area (Å²) in [6.07, 6.45) is 7.48. The molecule has 134 valence electrons. The van der Waals surface area contributed by atoms with Gasteiger partial charge in [0.25, 0.3) is 0 Å². The molecule has 6 nitrogen and oxygen atoms in total. The van der Waals surface area contributed by atoms with Gasteiger partial charge in [-0.1, -0.05) is 13.0 Å². The lowest BCUT2D eigenvalue weighted by molar-refractivity contribution is 0.592. The van der Waals surface area contributed by atoms with Crippen molar-refractivity contribution in [1.82, 2.24) is 15.2 Å². The van der Waals surface area contributed by atoms with Crippen LogP contribution in [-0.2, 0) is 41.3 Å². The van der Waals surface area contributed by atoms with Crippen LogP contribution in [0.25, 0.3) is 0 Å². The molecule has 1 heterocycles. The van der Waals surface area contributed by atoms with Gasteiger partial charge in [-0.3, -0.25) is 5.10 Å². The number of H-pyrrole nitrogens is 1. The van der Waals surface area contributed by atoms with Crippen LogP contribution >= 0.6 is 0 Å². The van der Waals surface area contributed by atoms with Crippen molar-refractivity contribution in [1.29, 1.82) is 0 Å². The molecule has 7 heteroatoms. The second-order valence-electron chi connectivity index (χ2n) is 7.06. The fourth-order valence-corrected chi connectivity index (χ4v) is 5.40. The van der Waals surface area contributed by atoms with E-state index in [9.17, 15) is 8.42 Å². The predicted molar refractivity (Wildman–Crippen MR) is 97.9 cm³/mol. The van der Waals surface area contributed by atoms with Crippen LogP contribution in [0.2, 0.25) is 0 Å². The first kappa shape index (κ1) is 16.6. The number of rotatable bonds is 6. The van der Waals surface area contributed by atoms with Crippen molar-refractivity contribution in [3.63, 3.8) is 0 Å². The number of fused-ring (bicyclic) bond motifs is 2. The lowest BCUT2D eigenvalue weighted by Crippen LogP contribution is -2.09. The van der Waals surface area contributed by atoms with Gasteiger partial charge in [-0.15, -0.1) is 5.10 Å². The average Bonchev–Trinajstić information content (AvgIpc) is 3.26. The van der Waals surface area contributed by atoms with Gasteiger partial charge in [0.15, 0.2) is 9.84 Å². The van der Waals surface area contributed by atoms with Crippen molar-refractivity contribution in [3.8, 4) is 0 Å². The highest BCUT2D eigenvalue weighted by molar-refractivity contribution is 7.90. The van der Waals surface area contributed by atoms with Crippen molar-refractivity contribution >= 4 is 21.5 Å². The van der Waals surface area contributed by atoms with E-state index in [1.165, 1.54) is 40.8 Å². The molecule has 1 aromatic heterocycles. The van der Waals surface area contributed by atoms with Gasteiger partial charge in [0, 0.05) is 5.69 Å². The molecule has 0 atom stereocenters. The van der Waals surface area contributed by atoms with E-state index < -0.39 is 9.84 Å². The minimum absolute atomic E-state index is 0.0828. The zero-order chi connectivity index (χ0) is 17.4. The summed E-state index contributed by atoms with van der Waals surface area (Å²) in [7, 11) is -3.12. The largest absolute Gasteiger partial charge is 0.322 e. The molecule has 0 saturated carbocycles. The Hall–Kier alpha value is -1.89. The predicted octanol–water partition coefficient (Wildman–Crippen LogP) is 2.85. The second kappa shape index (κ2) is 6.44. The Morgan fingerprint density at radius 1 is 1.12 bits per heavy atom. The Bertz CT molecular complexity index is 870. The normalized spacial score (nSPS) is 16.0. The number of sulfone groups is 1. The van der Waals surface area contributed by atoms with E-state index in [2.05, 4.69) is 26.6 Å². The summed E-state index contributed by atoms with van der Waals surface area (Å²) in [5.74, 6) is 0.965. The van der Waals surface area contributed by atoms with E-state index in [4.69, 9.17) is 0 Å². The number of aromatic amines is 1. The highest BCUT2D eigenvalue weighted by atomic mass is 32.2. The van der Waals surface area contributed by atoms with Gasteiger partial charge in [-0.25, -0.2) is 8.42 Å². The zero-order valence-electron chi connectivity index (χ0n) is 14.6. The molecular weight excluding hydrogens is 336 g/mol. The van der Waals surface area contributed by atoms with Gasteiger partial charge in [0.2, 0.25) is 5.95 Å². The summed E-state index contributed by atoms with van der Waals surface area (Å²) in [6, 6.07) is 2.39. The third kappa shape index (κ3) is 3.29. The fraction of sp³-hybridized carbons (Fsp3) is 0.556. The SMILES string of the molecule is CCCS(=O)(=O)Cc1nc(Nc2c3c(cc4c2CCC4)CCC3)n[nH]1. The maximum Gasteiger partial charge on any atom is 0.246 e. The van der Waals surface area contributed by atoms with E-state index in [-0.39, 0.29) is 11.5 Å². The molecule has 0 amide bonds. The quantitative estimate of drug-likeness (QED) is 0.827. The van der Waals surface area contributed by atoms with Crippen LogP contribution in [0.15, 0.2) is 6.07 Å². The number of anilines is 2. The summed E-state index contributed by atoms with van der Waals surface area (Å²) in [6.45, 7) is 1.86. The monoisotopic (exact) mass is 360 g/mol. The zero-order valence-corrected chi connectivity index (χ0v) is 15.4. The molecule has 4 rings (SSSR count). The topological polar surface area (TPSA) is 87.7 Å². The molecule has 25 heavy (non-hydrogen) atoms. The van der Waals surface area contributed by atoms with Crippen LogP contribution < -0.4 is 5.32 Å². The highest BCUT2D eigenvalue weighted by Gasteiger charge is 2.25. The van der Waals surface area contributed by atoms with Gasteiger partial charge < -0.3 is 5.32 Å². The lowest BCUT2D eigenvalue weighted by Gasteiger charge is -2.15. The van der Waals surface area contributed by atoms with E-state index in [1.54, 1.807) is 0 Å². The number of aromatic nitrogens is 3. The van der Waals surface area contributed by atoms with Gasteiger partial charge in [0.05, 0.1) is 5.75 Å². The summed E-state index contributed by atoms with van der Waals surface area (Å²) in [4.78, 5) is 4.37. The minimum atomic E-state index is -3.12. The molecule has 0 saturated heterocycles. The molecule has 2 aliphatic carbocycles. The van der Waals surface area contributed by atoms with E-state index in [0.717, 1.165) is 25.7 Å². The number of hydrogen-bond donors (Lipinski definition) is 2. The van der Waals surface area contributed by atoms with Crippen molar-refractivity contribution in [3.05, 3.63) is 34.1 Å². The molecule has 0 fully saturated rings. The molecule has 2 aliphatic rings. The molecule has 0 radical (unpaired) electrons. The van der Waals surface area contributed by atoms with E-state index in [1.807, 2.05) is 6.92 Å². The van der Waals surface area contributed by atoms with Crippen molar-refractivity contribution in [2.24, 2.45) is 0 Å². The molecule has 0 aliphatic heterocycles. The Kier molecular flexibility index (Phi) is 4.27. The third-order valence-corrected chi connectivity index (χ3v) is 6.86. The number of nitrogens with one attached hydrogen (secondary N) is 2. The Morgan fingerprint density at radius 2 is 1.80 bits per heavy atom. The van der Waals surface area contributed by atoms with Gasteiger partial charge in [-0.2, -0.15) is 4.98 Å². The molecule has 2 N–H and O–H groups in total. The van der Waals surface area contributed by atoms with Crippen LogP contribution in [0.3, 0.4) is 0 Å². The van der Waals surface area contributed by atoms with Crippen LogP contribution in [0, 0.1) is 0 Å². The van der Waals surface area contributed by atoms with Crippen LogP contribution in [0.4, 0.5) is 11.6 Å². The number of nitrogens with zero attached hydrogens (tertiary/aromatic N) is 2. The van der Waals surface area contributed by atoms with Crippen LogP contribution in [0.1, 0.15) is 54.3 Å². The summed E-state index contributed by atoms with van der Waals surface area (Å²) in [5, 5.41) is 10.4. The third-order valence-electron chi connectivity index (χ3n) is 5.11. The maximum absolute atomic E-state index is 12.0. The number of aryl methyl sites for hydroxylation is 2. The molecule has 2 aromatic rings. The highest BCUT2D eigenvalue weighted by Crippen LogP contribution is 2.39. The number of benzene rings is 1. The van der Waals surface area contributed by atoms with E-state index >= 15 is 0 Å².